The molecule has 0 aliphatic carbocycles. The van der Waals surface area contributed by atoms with Gasteiger partial charge in [0.2, 0.25) is 5.72 Å². The number of amides is 1. The number of carbonyl (C=O) groups is 1. The summed E-state index contributed by atoms with van der Waals surface area (Å²) < 4.78 is 56.3. The van der Waals surface area contributed by atoms with Crippen LogP contribution < -0.4 is 4.74 Å². The molecule has 0 saturated carbocycles. The predicted octanol–water partition coefficient (Wildman–Crippen LogP) is 2.12. The molecule has 1 aliphatic rings. The Morgan fingerprint density at radius 2 is 2.09 bits per heavy atom. The van der Waals surface area contributed by atoms with Gasteiger partial charge in [0.15, 0.2) is 0 Å². The number of methoxy groups -OCH3 is 1. The Morgan fingerprint density at radius 1 is 1.41 bits per heavy atom. The molecule has 1 N–H and O–H groups in total. The highest BCUT2D eigenvalue weighted by atomic mass is 19.3. The molecule has 22 heavy (non-hydrogen) atoms. The summed E-state index contributed by atoms with van der Waals surface area (Å²) in [5.74, 6) is -0.860. The van der Waals surface area contributed by atoms with Gasteiger partial charge in [-0.2, -0.15) is 10.1 Å². The van der Waals surface area contributed by atoms with Gasteiger partial charge in [-0.25, -0.2) is 17.6 Å². The fraction of sp³-hybridized carbons (Fsp3) is 0.385. The van der Waals surface area contributed by atoms with Gasteiger partial charge in [0.1, 0.15) is 11.5 Å². The maximum Gasteiger partial charge on any atom is 0.287 e. The SMILES string of the molecule is COc1cccc(C(=O)N2N=C(C(F)F)C[C@]2(O)C(F)F)c1. The van der Waals surface area contributed by atoms with Crippen molar-refractivity contribution in [2.24, 2.45) is 5.10 Å². The number of nitrogens with zero attached hydrogens (tertiary/aromatic N) is 2. The van der Waals surface area contributed by atoms with Crippen molar-refractivity contribution in [2.45, 2.75) is 25.0 Å². The summed E-state index contributed by atoms with van der Waals surface area (Å²) in [6.07, 6.45) is -7.71. The van der Waals surface area contributed by atoms with Crippen LogP contribution in [0.2, 0.25) is 0 Å². The fourth-order valence-electron chi connectivity index (χ4n) is 1.98. The lowest BCUT2D eigenvalue weighted by Gasteiger charge is -2.30. The van der Waals surface area contributed by atoms with Crippen LogP contribution >= 0.6 is 0 Å². The molecular weight excluding hydrogens is 308 g/mol. The Bertz CT molecular complexity index is 609. The van der Waals surface area contributed by atoms with Gasteiger partial charge in [0.25, 0.3) is 18.8 Å². The van der Waals surface area contributed by atoms with Gasteiger partial charge in [-0.3, -0.25) is 4.79 Å². The number of alkyl halides is 4. The quantitative estimate of drug-likeness (QED) is 0.865. The molecule has 0 unspecified atom stereocenters. The topological polar surface area (TPSA) is 62.1 Å². The number of hydrogen-bond donors (Lipinski definition) is 1. The molecule has 2 rings (SSSR count). The van der Waals surface area contributed by atoms with E-state index < -0.39 is 36.6 Å². The van der Waals surface area contributed by atoms with Crippen LogP contribution in [0.1, 0.15) is 16.8 Å². The van der Waals surface area contributed by atoms with Crippen LogP contribution in [0.25, 0.3) is 0 Å². The Hall–Kier alpha value is -2.16. The van der Waals surface area contributed by atoms with E-state index in [4.69, 9.17) is 4.74 Å². The molecule has 1 atom stereocenters. The molecule has 5 nitrogen and oxygen atoms in total. The highest BCUT2D eigenvalue weighted by Crippen LogP contribution is 2.34. The van der Waals surface area contributed by atoms with Crippen molar-refractivity contribution in [3.63, 3.8) is 0 Å². The average molecular weight is 320 g/mol. The monoisotopic (exact) mass is 320 g/mol. The third-order valence-corrected chi connectivity index (χ3v) is 3.15. The van der Waals surface area contributed by atoms with Gasteiger partial charge in [-0.15, -0.1) is 0 Å². The van der Waals surface area contributed by atoms with Crippen molar-refractivity contribution in [1.82, 2.24) is 5.01 Å². The Balaban J connectivity index is 2.39. The van der Waals surface area contributed by atoms with Gasteiger partial charge < -0.3 is 9.84 Å². The first-order valence-electron chi connectivity index (χ1n) is 6.14. The van der Waals surface area contributed by atoms with Crippen LogP contribution in [0.3, 0.4) is 0 Å². The van der Waals surface area contributed by atoms with Gasteiger partial charge in [-0.1, -0.05) is 6.07 Å². The minimum absolute atomic E-state index is 0.00787. The Kier molecular flexibility index (Phi) is 4.36. The van der Waals surface area contributed by atoms with E-state index in [0.29, 0.717) is 0 Å². The van der Waals surface area contributed by atoms with E-state index >= 15 is 0 Å². The third-order valence-electron chi connectivity index (χ3n) is 3.15. The van der Waals surface area contributed by atoms with Crippen molar-refractivity contribution in [2.75, 3.05) is 7.11 Å². The smallest absolute Gasteiger partial charge is 0.287 e. The average Bonchev–Trinajstić information content (AvgIpc) is 2.86. The molecule has 1 aromatic carbocycles. The summed E-state index contributed by atoms with van der Waals surface area (Å²) in [5.41, 5.74) is -4.19. The number of aliphatic hydroxyl groups is 1. The minimum atomic E-state index is -3.46. The highest BCUT2D eigenvalue weighted by molar-refractivity contribution is 5.99. The summed E-state index contributed by atoms with van der Waals surface area (Å²) in [4.78, 5) is 12.2. The second kappa shape index (κ2) is 5.91. The van der Waals surface area contributed by atoms with Crippen molar-refractivity contribution in [3.05, 3.63) is 29.8 Å². The molecule has 0 radical (unpaired) electrons. The molecule has 1 amide bonds. The first-order valence-corrected chi connectivity index (χ1v) is 6.14. The molecule has 1 heterocycles. The standard InChI is InChI=1S/C13H12F4N2O3/c1-22-8-4-2-3-7(5-8)11(20)19-13(21,12(16)17)6-9(18-19)10(14)15/h2-5,10,12,21H,6H2,1H3/t13-/m0/s1. The van der Waals surface area contributed by atoms with E-state index in [2.05, 4.69) is 5.10 Å². The molecule has 0 fully saturated rings. The van der Waals surface area contributed by atoms with E-state index in [1.807, 2.05) is 0 Å². The Labute approximate surface area is 122 Å². The lowest BCUT2D eigenvalue weighted by molar-refractivity contribution is -0.164. The largest absolute Gasteiger partial charge is 0.497 e. The zero-order chi connectivity index (χ0) is 16.5. The summed E-state index contributed by atoms with van der Waals surface area (Å²) >= 11 is 0. The number of carbonyl (C=O) groups excluding carboxylic acids is 1. The number of benzene rings is 1. The minimum Gasteiger partial charge on any atom is -0.497 e. The zero-order valence-electron chi connectivity index (χ0n) is 11.3. The lowest BCUT2D eigenvalue weighted by atomic mass is 10.1. The second-order valence-electron chi connectivity index (χ2n) is 4.60. The van der Waals surface area contributed by atoms with Crippen molar-refractivity contribution in [1.29, 1.82) is 0 Å². The molecule has 1 aliphatic heterocycles. The van der Waals surface area contributed by atoms with Gasteiger partial charge in [0, 0.05) is 12.0 Å². The molecule has 120 valence electrons. The van der Waals surface area contributed by atoms with Crippen LogP contribution in [0.4, 0.5) is 17.6 Å². The van der Waals surface area contributed by atoms with E-state index in [0.717, 1.165) is 0 Å². The van der Waals surface area contributed by atoms with Crippen molar-refractivity contribution in [3.8, 4) is 5.75 Å². The maximum absolute atomic E-state index is 13.0. The first-order chi connectivity index (χ1) is 10.3. The summed E-state index contributed by atoms with van der Waals surface area (Å²) in [6.45, 7) is 0. The van der Waals surface area contributed by atoms with Crippen LogP contribution in [0.15, 0.2) is 29.4 Å². The number of ether oxygens (including phenoxy) is 1. The molecule has 0 bridgehead atoms. The predicted molar refractivity (Wildman–Crippen MR) is 68.2 cm³/mol. The molecule has 0 aromatic heterocycles. The summed E-state index contributed by atoms with van der Waals surface area (Å²) in [6, 6.07) is 5.42. The Morgan fingerprint density at radius 3 is 2.64 bits per heavy atom. The number of halogens is 4. The first kappa shape index (κ1) is 16.2. The normalized spacial score (nSPS) is 21.5. The highest BCUT2D eigenvalue weighted by Gasteiger charge is 2.53. The van der Waals surface area contributed by atoms with Crippen LogP contribution in [0.5, 0.6) is 5.75 Å². The molecule has 9 heteroatoms. The third kappa shape index (κ3) is 2.76. The fourth-order valence-corrected chi connectivity index (χ4v) is 1.98. The number of hydrogen-bond acceptors (Lipinski definition) is 4. The van der Waals surface area contributed by atoms with Crippen molar-refractivity contribution >= 4 is 11.6 Å². The maximum atomic E-state index is 13.0. The van der Waals surface area contributed by atoms with Crippen LogP contribution in [0, 0.1) is 0 Å². The van der Waals surface area contributed by atoms with Crippen LogP contribution in [-0.2, 0) is 0 Å². The van der Waals surface area contributed by atoms with E-state index in [1.54, 1.807) is 0 Å². The second-order valence-corrected chi connectivity index (χ2v) is 4.60. The zero-order valence-corrected chi connectivity index (χ0v) is 11.3. The number of hydrazone groups is 1. The number of rotatable bonds is 4. The van der Waals surface area contributed by atoms with Gasteiger partial charge >= 0.3 is 0 Å². The van der Waals surface area contributed by atoms with Gasteiger partial charge in [0.05, 0.1) is 7.11 Å². The summed E-state index contributed by atoms with van der Waals surface area (Å²) in [5, 5.41) is 13.1. The molecule has 0 spiro atoms. The summed E-state index contributed by atoms with van der Waals surface area (Å²) in [7, 11) is 1.34. The molecule has 0 saturated heterocycles. The molecular formula is C13H12F4N2O3. The van der Waals surface area contributed by atoms with E-state index in [-0.39, 0.29) is 16.3 Å². The lowest BCUT2D eigenvalue weighted by Crippen LogP contribution is -2.51. The van der Waals surface area contributed by atoms with E-state index in [1.165, 1.54) is 31.4 Å². The van der Waals surface area contributed by atoms with Crippen LogP contribution in [-0.4, -0.2) is 47.4 Å². The molecule has 1 aromatic rings. The van der Waals surface area contributed by atoms with Gasteiger partial charge in [-0.05, 0) is 18.2 Å². The van der Waals surface area contributed by atoms with E-state index in [9.17, 15) is 27.5 Å². The van der Waals surface area contributed by atoms with Crippen molar-refractivity contribution < 1.29 is 32.2 Å².